The van der Waals surface area contributed by atoms with Crippen LogP contribution in [0.2, 0.25) is 0 Å². The van der Waals surface area contributed by atoms with E-state index in [0.717, 1.165) is 34.1 Å². The Labute approximate surface area is 116 Å². The standard InChI is InChI=1S/C17H12N2O/c1-2-9-15-14(8-1)19-17-12(6-5-10-16(17)20-15)13-7-3-4-11-18-13/h1-11,19H. The predicted molar refractivity (Wildman–Crippen MR) is 79.5 cm³/mol. The largest absolute Gasteiger partial charge is 0.453 e. The van der Waals surface area contributed by atoms with Crippen molar-refractivity contribution in [1.29, 1.82) is 0 Å². The Balaban J connectivity index is 1.87. The van der Waals surface area contributed by atoms with Gasteiger partial charge in [-0.3, -0.25) is 4.98 Å². The van der Waals surface area contributed by atoms with E-state index < -0.39 is 0 Å². The van der Waals surface area contributed by atoms with E-state index in [-0.39, 0.29) is 0 Å². The van der Waals surface area contributed by atoms with Gasteiger partial charge in [0.05, 0.1) is 17.1 Å². The molecule has 2 aromatic carbocycles. The molecule has 3 heteroatoms. The molecule has 96 valence electrons. The minimum Gasteiger partial charge on any atom is -0.453 e. The number of hydrogen-bond donors (Lipinski definition) is 1. The number of nitrogens with zero attached hydrogens (tertiary/aromatic N) is 1. The van der Waals surface area contributed by atoms with Gasteiger partial charge in [0, 0.05) is 11.8 Å². The molecule has 1 N–H and O–H groups in total. The van der Waals surface area contributed by atoms with Gasteiger partial charge in [-0.1, -0.05) is 30.3 Å². The fraction of sp³-hybridized carbons (Fsp3) is 0. The van der Waals surface area contributed by atoms with E-state index in [9.17, 15) is 0 Å². The summed E-state index contributed by atoms with van der Waals surface area (Å²) >= 11 is 0. The van der Waals surface area contributed by atoms with E-state index in [4.69, 9.17) is 4.74 Å². The van der Waals surface area contributed by atoms with Crippen molar-refractivity contribution in [2.75, 3.05) is 5.32 Å². The molecule has 0 radical (unpaired) electrons. The van der Waals surface area contributed by atoms with Crippen LogP contribution in [-0.2, 0) is 0 Å². The summed E-state index contributed by atoms with van der Waals surface area (Å²) in [4.78, 5) is 4.42. The highest BCUT2D eigenvalue weighted by Crippen LogP contribution is 2.45. The Morgan fingerprint density at radius 1 is 0.800 bits per heavy atom. The number of nitrogens with one attached hydrogen (secondary N) is 1. The van der Waals surface area contributed by atoms with Crippen molar-refractivity contribution in [3.63, 3.8) is 0 Å². The summed E-state index contributed by atoms with van der Waals surface area (Å²) in [7, 11) is 0. The molecule has 20 heavy (non-hydrogen) atoms. The van der Waals surface area contributed by atoms with E-state index in [1.807, 2.05) is 60.7 Å². The Bertz CT molecular complexity index is 769. The summed E-state index contributed by atoms with van der Waals surface area (Å²) in [5, 5.41) is 3.44. The SMILES string of the molecule is c1ccc(-c2cccc3c2Nc2ccccc2O3)nc1. The summed E-state index contributed by atoms with van der Waals surface area (Å²) in [6.45, 7) is 0. The number of hydrogen-bond acceptors (Lipinski definition) is 3. The first kappa shape index (κ1) is 11.1. The molecule has 0 unspecified atom stereocenters. The van der Waals surface area contributed by atoms with E-state index in [2.05, 4.69) is 10.3 Å². The zero-order chi connectivity index (χ0) is 13.4. The fourth-order valence-corrected chi connectivity index (χ4v) is 2.39. The van der Waals surface area contributed by atoms with Gasteiger partial charge in [-0.25, -0.2) is 0 Å². The van der Waals surface area contributed by atoms with Crippen LogP contribution in [0.25, 0.3) is 11.3 Å². The molecule has 0 saturated carbocycles. The summed E-state index contributed by atoms with van der Waals surface area (Å²) in [6.07, 6.45) is 1.80. The van der Waals surface area contributed by atoms with Crippen LogP contribution in [0.3, 0.4) is 0 Å². The first-order valence-electron chi connectivity index (χ1n) is 6.50. The van der Waals surface area contributed by atoms with Crippen molar-refractivity contribution in [3.05, 3.63) is 66.9 Å². The highest BCUT2D eigenvalue weighted by Gasteiger charge is 2.19. The number of benzene rings is 2. The second kappa shape index (κ2) is 4.38. The quantitative estimate of drug-likeness (QED) is 0.543. The summed E-state index contributed by atoms with van der Waals surface area (Å²) < 4.78 is 5.95. The second-order valence-electron chi connectivity index (χ2n) is 4.62. The van der Waals surface area contributed by atoms with Crippen LogP contribution in [-0.4, -0.2) is 4.98 Å². The zero-order valence-electron chi connectivity index (χ0n) is 10.7. The van der Waals surface area contributed by atoms with Gasteiger partial charge in [0.1, 0.15) is 0 Å². The van der Waals surface area contributed by atoms with E-state index in [1.165, 1.54) is 0 Å². The Hall–Kier alpha value is -2.81. The number of aromatic nitrogens is 1. The molecule has 1 aliphatic heterocycles. The molecule has 0 aliphatic carbocycles. The van der Waals surface area contributed by atoms with Gasteiger partial charge in [-0.2, -0.15) is 0 Å². The third-order valence-corrected chi connectivity index (χ3v) is 3.33. The van der Waals surface area contributed by atoms with Crippen LogP contribution in [0.15, 0.2) is 66.9 Å². The van der Waals surface area contributed by atoms with Gasteiger partial charge < -0.3 is 10.1 Å². The van der Waals surface area contributed by atoms with E-state index in [1.54, 1.807) is 6.20 Å². The van der Waals surface area contributed by atoms with Crippen molar-refractivity contribution in [1.82, 2.24) is 4.98 Å². The first-order valence-corrected chi connectivity index (χ1v) is 6.50. The number of anilines is 2. The van der Waals surface area contributed by atoms with Crippen LogP contribution in [0.5, 0.6) is 11.5 Å². The summed E-state index contributed by atoms with van der Waals surface area (Å²) in [6, 6.07) is 19.8. The average molecular weight is 260 g/mol. The minimum absolute atomic E-state index is 0.826. The second-order valence-corrected chi connectivity index (χ2v) is 4.62. The maximum absolute atomic E-state index is 5.95. The van der Waals surface area contributed by atoms with Crippen molar-refractivity contribution in [3.8, 4) is 22.8 Å². The van der Waals surface area contributed by atoms with Crippen LogP contribution >= 0.6 is 0 Å². The Kier molecular flexibility index (Phi) is 2.42. The van der Waals surface area contributed by atoms with Gasteiger partial charge in [-0.05, 0) is 30.3 Å². The highest BCUT2D eigenvalue weighted by atomic mass is 16.5. The van der Waals surface area contributed by atoms with E-state index in [0.29, 0.717) is 0 Å². The number of rotatable bonds is 1. The van der Waals surface area contributed by atoms with Crippen molar-refractivity contribution < 1.29 is 4.74 Å². The number of pyridine rings is 1. The van der Waals surface area contributed by atoms with Crippen LogP contribution in [0.1, 0.15) is 0 Å². The first-order chi connectivity index (χ1) is 9.92. The smallest absolute Gasteiger partial charge is 0.151 e. The number of ether oxygens (including phenoxy) is 1. The van der Waals surface area contributed by atoms with Crippen LogP contribution in [0.4, 0.5) is 11.4 Å². The normalized spacial score (nSPS) is 11.8. The summed E-state index contributed by atoms with van der Waals surface area (Å²) in [5.74, 6) is 1.67. The van der Waals surface area contributed by atoms with Gasteiger partial charge in [0.2, 0.25) is 0 Å². The lowest BCUT2D eigenvalue weighted by molar-refractivity contribution is 0.481. The topological polar surface area (TPSA) is 34.1 Å². The average Bonchev–Trinajstić information content (AvgIpc) is 2.53. The van der Waals surface area contributed by atoms with Gasteiger partial charge in [0.25, 0.3) is 0 Å². The fourth-order valence-electron chi connectivity index (χ4n) is 2.39. The molecule has 1 aromatic heterocycles. The molecule has 0 amide bonds. The molecule has 0 bridgehead atoms. The monoisotopic (exact) mass is 260 g/mol. The van der Waals surface area contributed by atoms with Crippen LogP contribution in [0, 0.1) is 0 Å². The van der Waals surface area contributed by atoms with Crippen molar-refractivity contribution in [2.24, 2.45) is 0 Å². The maximum Gasteiger partial charge on any atom is 0.151 e. The number of fused-ring (bicyclic) bond motifs is 2. The zero-order valence-corrected chi connectivity index (χ0v) is 10.7. The van der Waals surface area contributed by atoms with Gasteiger partial charge >= 0.3 is 0 Å². The lowest BCUT2D eigenvalue weighted by Gasteiger charge is -2.23. The van der Waals surface area contributed by atoms with Gasteiger partial charge in [-0.15, -0.1) is 0 Å². The molecule has 0 saturated heterocycles. The Morgan fingerprint density at radius 2 is 1.65 bits per heavy atom. The molecular formula is C17H12N2O. The molecule has 3 nitrogen and oxygen atoms in total. The predicted octanol–water partition coefficient (Wildman–Crippen LogP) is 4.60. The molecule has 0 spiro atoms. The third kappa shape index (κ3) is 1.72. The molecule has 2 heterocycles. The maximum atomic E-state index is 5.95. The molecule has 4 rings (SSSR count). The Morgan fingerprint density at radius 3 is 2.55 bits per heavy atom. The third-order valence-electron chi connectivity index (χ3n) is 3.33. The minimum atomic E-state index is 0.826. The highest BCUT2D eigenvalue weighted by molar-refractivity contribution is 5.87. The molecular weight excluding hydrogens is 248 g/mol. The lowest BCUT2D eigenvalue weighted by Crippen LogP contribution is -2.04. The molecule has 3 aromatic rings. The summed E-state index contributed by atoms with van der Waals surface area (Å²) in [5.41, 5.74) is 3.91. The molecule has 1 aliphatic rings. The van der Waals surface area contributed by atoms with Gasteiger partial charge in [0.15, 0.2) is 11.5 Å². The lowest BCUT2D eigenvalue weighted by atomic mass is 10.1. The number of para-hydroxylation sites is 3. The molecule has 0 fully saturated rings. The van der Waals surface area contributed by atoms with E-state index >= 15 is 0 Å². The molecule has 0 atom stereocenters. The van der Waals surface area contributed by atoms with Crippen molar-refractivity contribution >= 4 is 11.4 Å². The van der Waals surface area contributed by atoms with Crippen LogP contribution < -0.4 is 10.1 Å². The van der Waals surface area contributed by atoms with Crippen molar-refractivity contribution in [2.45, 2.75) is 0 Å².